The lowest BCUT2D eigenvalue weighted by molar-refractivity contribution is 1.18. The zero-order valence-electron chi connectivity index (χ0n) is 9.62. The van der Waals surface area contributed by atoms with Crippen molar-refractivity contribution in [2.75, 3.05) is 0 Å². The van der Waals surface area contributed by atoms with Crippen LogP contribution in [0.4, 0.5) is 0 Å². The van der Waals surface area contributed by atoms with Gasteiger partial charge < -0.3 is 4.57 Å². The van der Waals surface area contributed by atoms with Crippen molar-refractivity contribution in [1.82, 2.24) is 9.55 Å². The number of benzene rings is 2. The predicted octanol–water partition coefficient (Wildman–Crippen LogP) is 4.23. The van der Waals surface area contributed by atoms with Crippen LogP contribution in [0.3, 0.4) is 0 Å². The summed E-state index contributed by atoms with van der Waals surface area (Å²) in [4.78, 5) is 4.33. The molecular weight excluding hydrogens is 244 g/mol. The number of hydrogen-bond donors (Lipinski definition) is 0. The van der Waals surface area contributed by atoms with Crippen LogP contribution in [0.1, 0.15) is 5.56 Å². The third-order valence-corrected chi connectivity index (χ3v) is 3.10. The van der Waals surface area contributed by atoms with Crippen LogP contribution in [-0.4, -0.2) is 9.55 Å². The van der Waals surface area contributed by atoms with E-state index in [9.17, 15) is 0 Å². The third kappa shape index (κ3) is 2.03. The van der Waals surface area contributed by atoms with E-state index in [4.69, 9.17) is 11.6 Å². The normalized spacial score (nSPS) is 11.9. The van der Waals surface area contributed by atoms with Crippen molar-refractivity contribution in [3.8, 4) is 0 Å². The van der Waals surface area contributed by atoms with Gasteiger partial charge in [0.1, 0.15) is 0 Å². The average Bonchev–Trinajstić information content (AvgIpc) is 2.83. The highest BCUT2D eigenvalue weighted by Crippen LogP contribution is 2.21. The maximum atomic E-state index is 6.31. The number of rotatable bonds is 2. The number of aromatic nitrogens is 2. The van der Waals surface area contributed by atoms with Gasteiger partial charge in [-0.25, -0.2) is 4.98 Å². The number of imidazole rings is 1. The van der Waals surface area contributed by atoms with Crippen molar-refractivity contribution in [2.45, 2.75) is 0 Å². The van der Waals surface area contributed by atoms with Crippen LogP contribution in [-0.2, 0) is 0 Å². The molecule has 1 aromatic heterocycles. The van der Waals surface area contributed by atoms with Gasteiger partial charge in [-0.3, -0.25) is 0 Å². The molecule has 0 radical (unpaired) electrons. The lowest BCUT2D eigenvalue weighted by Crippen LogP contribution is -1.85. The van der Waals surface area contributed by atoms with E-state index < -0.39 is 0 Å². The number of para-hydroxylation sites is 2. The highest BCUT2D eigenvalue weighted by Gasteiger charge is 2.01. The number of fused-ring (bicyclic) bond motifs is 1. The Morgan fingerprint density at radius 3 is 2.56 bits per heavy atom. The summed E-state index contributed by atoms with van der Waals surface area (Å²) in [6.45, 7) is 0. The molecule has 0 saturated heterocycles. The molecule has 0 saturated carbocycles. The predicted molar refractivity (Wildman–Crippen MR) is 76.2 cm³/mol. The zero-order valence-corrected chi connectivity index (χ0v) is 10.4. The second-order valence-electron chi connectivity index (χ2n) is 3.98. The van der Waals surface area contributed by atoms with Gasteiger partial charge in [0, 0.05) is 6.20 Å². The smallest absolute Gasteiger partial charge is 0.1000 e. The van der Waals surface area contributed by atoms with Gasteiger partial charge >= 0.3 is 0 Å². The summed E-state index contributed by atoms with van der Waals surface area (Å²) in [5, 5.41) is 0.693. The molecule has 0 aliphatic carbocycles. The van der Waals surface area contributed by atoms with Gasteiger partial charge in [0.05, 0.1) is 22.4 Å². The Bertz CT molecular complexity index is 699. The maximum absolute atomic E-state index is 6.31. The third-order valence-electron chi connectivity index (χ3n) is 2.78. The van der Waals surface area contributed by atoms with Crippen LogP contribution < -0.4 is 0 Å². The Balaban J connectivity index is 2.06. The topological polar surface area (TPSA) is 17.8 Å². The van der Waals surface area contributed by atoms with Crippen molar-refractivity contribution in [2.24, 2.45) is 0 Å². The average molecular weight is 255 g/mol. The van der Waals surface area contributed by atoms with E-state index in [1.807, 2.05) is 65.4 Å². The minimum absolute atomic E-state index is 0.693. The number of nitrogens with zero attached hydrogens (tertiary/aromatic N) is 2. The molecule has 0 spiro atoms. The first kappa shape index (κ1) is 11.1. The number of hydrogen-bond acceptors (Lipinski definition) is 1. The Kier molecular flexibility index (Phi) is 2.87. The summed E-state index contributed by atoms with van der Waals surface area (Å²) in [5.41, 5.74) is 3.01. The maximum Gasteiger partial charge on any atom is 0.1000 e. The highest BCUT2D eigenvalue weighted by atomic mass is 35.5. The zero-order chi connectivity index (χ0) is 12.4. The van der Waals surface area contributed by atoms with E-state index >= 15 is 0 Å². The fraction of sp³-hybridized carbons (Fsp3) is 0. The van der Waals surface area contributed by atoms with Crippen molar-refractivity contribution < 1.29 is 0 Å². The van der Waals surface area contributed by atoms with E-state index in [2.05, 4.69) is 4.98 Å². The van der Waals surface area contributed by atoms with Crippen molar-refractivity contribution in [3.63, 3.8) is 0 Å². The number of halogens is 1. The molecule has 0 aliphatic heterocycles. The molecule has 0 aliphatic rings. The van der Waals surface area contributed by atoms with Crippen LogP contribution >= 0.6 is 11.6 Å². The molecule has 88 valence electrons. The molecule has 0 N–H and O–H groups in total. The van der Waals surface area contributed by atoms with Crippen LogP contribution in [0, 0.1) is 0 Å². The van der Waals surface area contributed by atoms with E-state index in [-0.39, 0.29) is 0 Å². The van der Waals surface area contributed by atoms with Gasteiger partial charge in [-0.2, -0.15) is 0 Å². The standard InChI is InChI=1S/C15H11ClN2/c16-13(12-6-2-1-3-7-12)10-18-11-17-14-8-4-5-9-15(14)18/h1-11H. The SMILES string of the molecule is ClC(=Cn1cnc2ccccc21)c1ccccc1. The van der Waals surface area contributed by atoms with Crippen LogP contribution in [0.2, 0.25) is 0 Å². The van der Waals surface area contributed by atoms with Gasteiger partial charge in [0.15, 0.2) is 0 Å². The molecule has 1 heterocycles. The van der Waals surface area contributed by atoms with Crippen LogP contribution in [0.5, 0.6) is 0 Å². The fourth-order valence-electron chi connectivity index (χ4n) is 1.88. The molecule has 0 amide bonds. The lowest BCUT2D eigenvalue weighted by atomic mass is 10.2. The molecule has 2 nitrogen and oxygen atoms in total. The first-order chi connectivity index (χ1) is 8.84. The van der Waals surface area contributed by atoms with Gasteiger partial charge in [0.2, 0.25) is 0 Å². The summed E-state index contributed by atoms with van der Waals surface area (Å²) in [7, 11) is 0. The Morgan fingerprint density at radius 2 is 1.72 bits per heavy atom. The monoisotopic (exact) mass is 254 g/mol. The van der Waals surface area contributed by atoms with Gasteiger partial charge in [-0.05, 0) is 17.7 Å². The molecule has 18 heavy (non-hydrogen) atoms. The molecule has 0 bridgehead atoms. The summed E-state index contributed by atoms with van der Waals surface area (Å²) in [5.74, 6) is 0. The van der Waals surface area contributed by atoms with Crippen molar-refractivity contribution >= 4 is 33.9 Å². The molecule has 0 unspecified atom stereocenters. The first-order valence-corrected chi connectivity index (χ1v) is 6.07. The fourth-order valence-corrected chi connectivity index (χ4v) is 2.11. The lowest BCUT2D eigenvalue weighted by Gasteiger charge is -2.00. The second-order valence-corrected chi connectivity index (χ2v) is 4.39. The first-order valence-electron chi connectivity index (χ1n) is 5.69. The molecule has 3 aromatic rings. The molecule has 0 atom stereocenters. The van der Waals surface area contributed by atoms with Gasteiger partial charge in [0.25, 0.3) is 0 Å². The molecule has 2 aromatic carbocycles. The highest BCUT2D eigenvalue weighted by molar-refractivity contribution is 6.50. The summed E-state index contributed by atoms with van der Waals surface area (Å²) < 4.78 is 1.94. The van der Waals surface area contributed by atoms with Crippen LogP contribution in [0.25, 0.3) is 22.3 Å². The van der Waals surface area contributed by atoms with Gasteiger partial charge in [-0.1, -0.05) is 54.1 Å². The van der Waals surface area contributed by atoms with Gasteiger partial charge in [-0.15, -0.1) is 0 Å². The summed E-state index contributed by atoms with van der Waals surface area (Å²) >= 11 is 6.31. The minimum Gasteiger partial charge on any atom is -0.304 e. The van der Waals surface area contributed by atoms with E-state index in [1.165, 1.54) is 0 Å². The van der Waals surface area contributed by atoms with E-state index in [0.717, 1.165) is 16.6 Å². The quantitative estimate of drug-likeness (QED) is 0.669. The van der Waals surface area contributed by atoms with E-state index in [1.54, 1.807) is 6.33 Å². The van der Waals surface area contributed by atoms with Crippen molar-refractivity contribution in [1.29, 1.82) is 0 Å². The largest absolute Gasteiger partial charge is 0.304 e. The van der Waals surface area contributed by atoms with Crippen molar-refractivity contribution in [3.05, 3.63) is 66.5 Å². The van der Waals surface area contributed by atoms with Crippen LogP contribution in [0.15, 0.2) is 60.9 Å². The summed E-state index contributed by atoms with van der Waals surface area (Å²) in [6, 6.07) is 17.8. The minimum atomic E-state index is 0.693. The molecule has 3 heteroatoms. The molecule has 3 rings (SSSR count). The summed E-state index contributed by atoms with van der Waals surface area (Å²) in [6.07, 6.45) is 3.65. The van der Waals surface area contributed by atoms with E-state index in [0.29, 0.717) is 5.03 Å². The molecular formula is C15H11ClN2. The molecule has 0 fully saturated rings. The second kappa shape index (κ2) is 4.67. The Hall–Kier alpha value is -2.06. The Labute approximate surface area is 110 Å². The Morgan fingerprint density at radius 1 is 1.00 bits per heavy atom.